The van der Waals surface area contributed by atoms with Crippen LogP contribution in [0, 0.1) is 11.6 Å². The molecule has 25 heavy (non-hydrogen) atoms. The lowest BCUT2D eigenvalue weighted by atomic mass is 10.1. The average molecular weight is 368 g/mol. The van der Waals surface area contributed by atoms with Crippen molar-refractivity contribution >= 4 is 23.5 Å². The molecule has 1 N–H and O–H groups in total. The molecule has 4 nitrogen and oxygen atoms in total. The van der Waals surface area contributed by atoms with E-state index in [4.69, 9.17) is 16.3 Å². The molecule has 2 aromatic rings. The summed E-state index contributed by atoms with van der Waals surface area (Å²) in [4.78, 5) is 23.5. The molecule has 1 atom stereocenters. The first-order valence-electron chi connectivity index (χ1n) is 7.49. The molecule has 0 aromatic heterocycles. The minimum atomic E-state index is -0.757. The van der Waals surface area contributed by atoms with Crippen LogP contribution in [0.2, 0.25) is 5.02 Å². The highest BCUT2D eigenvalue weighted by Gasteiger charge is 2.15. The van der Waals surface area contributed by atoms with E-state index in [1.807, 2.05) is 0 Å². The lowest BCUT2D eigenvalue weighted by molar-refractivity contribution is -0.148. The van der Waals surface area contributed by atoms with Crippen molar-refractivity contribution in [2.75, 3.05) is 6.61 Å². The molecule has 132 valence electrons. The molecule has 0 spiro atoms. The van der Waals surface area contributed by atoms with Crippen molar-refractivity contribution in [1.82, 2.24) is 5.32 Å². The summed E-state index contributed by atoms with van der Waals surface area (Å²) in [5.41, 5.74) is 0.846. The Morgan fingerprint density at radius 3 is 2.48 bits per heavy atom. The maximum atomic E-state index is 13.6. The molecule has 0 radical (unpaired) electrons. The maximum absolute atomic E-state index is 13.6. The predicted octanol–water partition coefficient (Wildman–Crippen LogP) is 3.58. The van der Waals surface area contributed by atoms with Crippen molar-refractivity contribution < 1.29 is 23.1 Å². The van der Waals surface area contributed by atoms with Gasteiger partial charge in [0.25, 0.3) is 5.91 Å². The Morgan fingerprint density at radius 1 is 1.16 bits per heavy atom. The first-order valence-corrected chi connectivity index (χ1v) is 7.87. The van der Waals surface area contributed by atoms with E-state index in [9.17, 15) is 18.4 Å². The Hall–Kier alpha value is -2.47. The summed E-state index contributed by atoms with van der Waals surface area (Å²) in [6.45, 7) is 1.06. The van der Waals surface area contributed by atoms with Gasteiger partial charge in [-0.2, -0.15) is 0 Å². The molecule has 0 saturated heterocycles. The van der Waals surface area contributed by atoms with Crippen molar-refractivity contribution in [1.29, 1.82) is 0 Å². The van der Waals surface area contributed by atoms with Gasteiger partial charge < -0.3 is 10.1 Å². The summed E-state index contributed by atoms with van der Waals surface area (Å²) in [5, 5.41) is 3.04. The van der Waals surface area contributed by atoms with Crippen LogP contribution >= 0.6 is 11.6 Å². The Bertz CT molecular complexity index is 765. The van der Waals surface area contributed by atoms with Gasteiger partial charge >= 0.3 is 5.97 Å². The minimum absolute atomic E-state index is 0.00654. The molecule has 0 aliphatic carbocycles. The third kappa shape index (κ3) is 5.83. The van der Waals surface area contributed by atoms with E-state index in [1.165, 1.54) is 6.07 Å². The van der Waals surface area contributed by atoms with E-state index in [2.05, 4.69) is 5.32 Å². The van der Waals surface area contributed by atoms with Crippen molar-refractivity contribution in [2.45, 2.75) is 19.4 Å². The molecule has 0 heterocycles. The summed E-state index contributed by atoms with van der Waals surface area (Å²) >= 11 is 5.75. The molecule has 0 aliphatic heterocycles. The van der Waals surface area contributed by atoms with Crippen molar-refractivity contribution in [2.24, 2.45) is 0 Å². The third-order valence-electron chi connectivity index (χ3n) is 3.43. The monoisotopic (exact) mass is 367 g/mol. The zero-order chi connectivity index (χ0) is 18.4. The van der Waals surface area contributed by atoms with Crippen LogP contribution in [0.15, 0.2) is 42.5 Å². The molecular formula is C18H16ClF2NO3. The van der Waals surface area contributed by atoms with Crippen LogP contribution in [0.25, 0.3) is 0 Å². The molecule has 0 bridgehead atoms. The number of carbonyl (C=O) groups is 2. The predicted molar refractivity (Wildman–Crippen MR) is 89.0 cm³/mol. The number of carbonyl (C=O) groups excluding carboxylic acids is 2. The molecule has 0 saturated carbocycles. The SMILES string of the molecule is C[C@H](NC(=O)COC(=O)Cc1ccc(Cl)cc1)c1ccc(F)cc1F. The second-order valence-corrected chi connectivity index (χ2v) is 5.86. The van der Waals surface area contributed by atoms with Crippen LogP contribution in [0.1, 0.15) is 24.1 Å². The Morgan fingerprint density at radius 2 is 1.84 bits per heavy atom. The Balaban J connectivity index is 1.81. The van der Waals surface area contributed by atoms with E-state index in [-0.39, 0.29) is 12.0 Å². The number of hydrogen-bond donors (Lipinski definition) is 1. The summed E-state index contributed by atoms with van der Waals surface area (Å²) < 4.78 is 31.4. The van der Waals surface area contributed by atoms with E-state index >= 15 is 0 Å². The van der Waals surface area contributed by atoms with Gasteiger partial charge in [-0.3, -0.25) is 9.59 Å². The van der Waals surface area contributed by atoms with Crippen LogP contribution in [0.5, 0.6) is 0 Å². The number of halogens is 3. The van der Waals surface area contributed by atoms with Gasteiger partial charge in [-0.15, -0.1) is 0 Å². The largest absolute Gasteiger partial charge is 0.455 e. The summed E-state index contributed by atoms with van der Waals surface area (Å²) in [5.74, 6) is -2.61. The van der Waals surface area contributed by atoms with E-state index in [0.717, 1.165) is 12.1 Å². The lowest BCUT2D eigenvalue weighted by Crippen LogP contribution is -2.31. The topological polar surface area (TPSA) is 55.4 Å². The number of ether oxygens (including phenoxy) is 1. The molecule has 0 aliphatic rings. The number of nitrogens with one attached hydrogen (secondary N) is 1. The van der Waals surface area contributed by atoms with Gasteiger partial charge in [-0.05, 0) is 30.7 Å². The molecule has 1 amide bonds. The van der Waals surface area contributed by atoms with Crippen LogP contribution in [-0.4, -0.2) is 18.5 Å². The first-order chi connectivity index (χ1) is 11.8. The molecular weight excluding hydrogens is 352 g/mol. The maximum Gasteiger partial charge on any atom is 0.310 e. The lowest BCUT2D eigenvalue weighted by Gasteiger charge is -2.15. The normalized spacial score (nSPS) is 11.7. The molecule has 2 aromatic carbocycles. The van der Waals surface area contributed by atoms with Gasteiger partial charge in [0.2, 0.25) is 0 Å². The fraction of sp³-hybridized carbons (Fsp3) is 0.222. The quantitative estimate of drug-likeness (QED) is 0.794. The highest BCUT2D eigenvalue weighted by molar-refractivity contribution is 6.30. The highest BCUT2D eigenvalue weighted by atomic mass is 35.5. The summed E-state index contributed by atoms with van der Waals surface area (Å²) in [6, 6.07) is 9.07. The van der Waals surface area contributed by atoms with Crippen LogP contribution in [0.4, 0.5) is 8.78 Å². The number of esters is 1. The second kappa shape index (κ2) is 8.58. The molecule has 7 heteroatoms. The zero-order valence-corrected chi connectivity index (χ0v) is 14.1. The summed E-state index contributed by atoms with van der Waals surface area (Å²) in [6.07, 6.45) is 0.00654. The van der Waals surface area contributed by atoms with Crippen LogP contribution < -0.4 is 5.32 Å². The highest BCUT2D eigenvalue weighted by Crippen LogP contribution is 2.17. The molecule has 2 rings (SSSR count). The fourth-order valence-electron chi connectivity index (χ4n) is 2.18. The second-order valence-electron chi connectivity index (χ2n) is 5.42. The van der Waals surface area contributed by atoms with Gasteiger partial charge in [0, 0.05) is 16.7 Å². The van der Waals surface area contributed by atoms with Gasteiger partial charge in [-0.1, -0.05) is 29.8 Å². The van der Waals surface area contributed by atoms with E-state index < -0.39 is 36.2 Å². The third-order valence-corrected chi connectivity index (χ3v) is 3.68. The number of amides is 1. The Labute approximate surface area is 148 Å². The standard InChI is InChI=1S/C18H16ClF2NO3/c1-11(15-7-6-14(20)9-16(15)21)22-17(23)10-25-18(24)8-12-2-4-13(19)5-3-12/h2-7,9,11H,8,10H2,1H3,(H,22,23)/t11-/m0/s1. The van der Waals surface area contributed by atoms with Crippen molar-refractivity contribution in [3.05, 3.63) is 70.2 Å². The average Bonchev–Trinajstić information content (AvgIpc) is 2.55. The first kappa shape index (κ1) is 18.9. The van der Waals surface area contributed by atoms with Gasteiger partial charge in [0.05, 0.1) is 12.5 Å². The minimum Gasteiger partial charge on any atom is -0.455 e. The van der Waals surface area contributed by atoms with Crippen molar-refractivity contribution in [3.63, 3.8) is 0 Å². The zero-order valence-electron chi connectivity index (χ0n) is 13.4. The molecule has 0 unspecified atom stereocenters. The number of hydrogen-bond acceptors (Lipinski definition) is 3. The summed E-state index contributed by atoms with van der Waals surface area (Å²) in [7, 11) is 0. The number of benzene rings is 2. The van der Waals surface area contributed by atoms with Gasteiger partial charge in [0.1, 0.15) is 11.6 Å². The van der Waals surface area contributed by atoms with E-state index in [1.54, 1.807) is 31.2 Å². The van der Waals surface area contributed by atoms with Crippen LogP contribution in [0.3, 0.4) is 0 Å². The van der Waals surface area contributed by atoms with Gasteiger partial charge in [-0.25, -0.2) is 8.78 Å². The smallest absolute Gasteiger partial charge is 0.310 e. The van der Waals surface area contributed by atoms with E-state index in [0.29, 0.717) is 10.6 Å². The van der Waals surface area contributed by atoms with Crippen LogP contribution in [-0.2, 0) is 20.7 Å². The fourth-order valence-corrected chi connectivity index (χ4v) is 2.31. The number of rotatable bonds is 6. The van der Waals surface area contributed by atoms with Crippen molar-refractivity contribution in [3.8, 4) is 0 Å². The van der Waals surface area contributed by atoms with Gasteiger partial charge in [0.15, 0.2) is 6.61 Å². The molecule has 0 fully saturated rings. The Kier molecular flexibility index (Phi) is 6.47.